The molecule has 1 aromatic heterocycles. The van der Waals surface area contributed by atoms with Crippen molar-refractivity contribution >= 4 is 26.9 Å². The molecule has 0 saturated heterocycles. The molecule has 1 heterocycles. The third-order valence-corrected chi connectivity index (χ3v) is 4.89. The number of fused-ring (bicyclic) bond motifs is 1. The molecule has 0 spiro atoms. The summed E-state index contributed by atoms with van der Waals surface area (Å²) in [4.78, 5) is 0. The Labute approximate surface area is 133 Å². The average Bonchev–Trinajstić information content (AvgIpc) is 2.88. The van der Waals surface area contributed by atoms with Crippen LogP contribution in [-0.2, 0) is 0 Å². The summed E-state index contributed by atoms with van der Waals surface area (Å²) < 4.78 is 6.98. The van der Waals surface area contributed by atoms with E-state index in [0.29, 0.717) is 5.92 Å². The van der Waals surface area contributed by atoms with Gasteiger partial charge in [0.2, 0.25) is 0 Å². The van der Waals surface area contributed by atoms with Crippen LogP contribution in [0.15, 0.2) is 33.2 Å². The molecule has 0 bridgehead atoms. The fourth-order valence-corrected chi connectivity index (χ4v) is 3.52. The zero-order chi connectivity index (χ0) is 14.8. The summed E-state index contributed by atoms with van der Waals surface area (Å²) in [5, 5.41) is 14.4. The molecule has 0 amide bonds. The number of nitrogens with one attached hydrogen (secondary N) is 1. The predicted molar refractivity (Wildman–Crippen MR) is 88.3 cm³/mol. The van der Waals surface area contributed by atoms with E-state index >= 15 is 0 Å². The SMILES string of the molecule is CC(NCC1CCCC(O)C1)c1cc2cc(Br)ccc2o1. The summed E-state index contributed by atoms with van der Waals surface area (Å²) in [6.45, 7) is 3.07. The van der Waals surface area contributed by atoms with E-state index in [1.54, 1.807) is 0 Å². The van der Waals surface area contributed by atoms with Crippen molar-refractivity contribution < 1.29 is 9.52 Å². The lowest BCUT2D eigenvalue weighted by atomic mass is 9.87. The number of aliphatic hydroxyl groups excluding tert-OH is 1. The summed E-state index contributed by atoms with van der Waals surface area (Å²) in [5.74, 6) is 1.55. The zero-order valence-electron chi connectivity index (χ0n) is 12.3. The van der Waals surface area contributed by atoms with Gasteiger partial charge in [0, 0.05) is 9.86 Å². The van der Waals surface area contributed by atoms with Crippen LogP contribution < -0.4 is 5.32 Å². The Morgan fingerprint density at radius 3 is 3.05 bits per heavy atom. The highest BCUT2D eigenvalue weighted by Crippen LogP contribution is 2.28. The number of hydrogen-bond donors (Lipinski definition) is 2. The van der Waals surface area contributed by atoms with Crippen LogP contribution in [0, 0.1) is 5.92 Å². The van der Waals surface area contributed by atoms with Crippen molar-refractivity contribution in [3.63, 3.8) is 0 Å². The van der Waals surface area contributed by atoms with Crippen molar-refractivity contribution in [2.24, 2.45) is 5.92 Å². The Kier molecular flexibility index (Phi) is 4.67. The van der Waals surface area contributed by atoms with E-state index in [9.17, 15) is 5.11 Å². The molecule has 3 nitrogen and oxygen atoms in total. The van der Waals surface area contributed by atoms with Crippen LogP contribution >= 0.6 is 15.9 Å². The average molecular weight is 352 g/mol. The fraction of sp³-hybridized carbons (Fsp3) is 0.529. The van der Waals surface area contributed by atoms with Crippen LogP contribution in [0.3, 0.4) is 0 Å². The lowest BCUT2D eigenvalue weighted by Gasteiger charge is -2.27. The maximum absolute atomic E-state index is 9.73. The number of furan rings is 1. The van der Waals surface area contributed by atoms with Gasteiger partial charge in [-0.1, -0.05) is 22.4 Å². The van der Waals surface area contributed by atoms with Gasteiger partial charge in [-0.15, -0.1) is 0 Å². The zero-order valence-corrected chi connectivity index (χ0v) is 13.9. The van der Waals surface area contributed by atoms with Crippen LogP contribution in [-0.4, -0.2) is 17.8 Å². The third kappa shape index (κ3) is 3.68. The topological polar surface area (TPSA) is 45.4 Å². The Hall–Kier alpha value is -0.840. The molecule has 4 heteroatoms. The molecule has 0 aliphatic heterocycles. The molecule has 0 radical (unpaired) electrons. The first-order valence-electron chi connectivity index (χ1n) is 7.72. The van der Waals surface area contributed by atoms with E-state index in [1.165, 1.54) is 6.42 Å². The highest BCUT2D eigenvalue weighted by Gasteiger charge is 2.21. The summed E-state index contributed by atoms with van der Waals surface area (Å²) >= 11 is 3.49. The Bertz CT molecular complexity index is 610. The van der Waals surface area contributed by atoms with E-state index in [0.717, 1.165) is 47.0 Å². The molecule has 3 unspecified atom stereocenters. The van der Waals surface area contributed by atoms with E-state index < -0.39 is 0 Å². The Morgan fingerprint density at radius 2 is 2.24 bits per heavy atom. The fourth-order valence-electron chi connectivity index (χ4n) is 3.14. The van der Waals surface area contributed by atoms with Crippen LogP contribution in [0.4, 0.5) is 0 Å². The Balaban J connectivity index is 1.62. The quantitative estimate of drug-likeness (QED) is 0.858. The smallest absolute Gasteiger partial charge is 0.134 e. The molecule has 1 saturated carbocycles. The van der Waals surface area contributed by atoms with Gasteiger partial charge in [0.15, 0.2) is 0 Å². The minimum Gasteiger partial charge on any atom is -0.459 e. The molecule has 21 heavy (non-hydrogen) atoms. The molecule has 1 aliphatic rings. The van der Waals surface area contributed by atoms with Gasteiger partial charge in [0.05, 0.1) is 12.1 Å². The molecule has 3 atom stereocenters. The summed E-state index contributed by atoms with van der Waals surface area (Å²) in [7, 11) is 0. The molecule has 1 aromatic carbocycles. The minimum absolute atomic E-state index is 0.107. The van der Waals surface area contributed by atoms with Gasteiger partial charge in [-0.3, -0.25) is 0 Å². The highest BCUT2D eigenvalue weighted by molar-refractivity contribution is 9.10. The van der Waals surface area contributed by atoms with Crippen molar-refractivity contribution in [2.75, 3.05) is 6.54 Å². The van der Waals surface area contributed by atoms with Crippen LogP contribution in [0.1, 0.15) is 44.4 Å². The molecule has 2 N–H and O–H groups in total. The maximum atomic E-state index is 9.73. The number of rotatable bonds is 4. The molecule has 1 fully saturated rings. The lowest BCUT2D eigenvalue weighted by Crippen LogP contribution is -2.30. The van der Waals surface area contributed by atoms with Crippen molar-refractivity contribution in [3.05, 3.63) is 34.5 Å². The standard InChI is InChI=1S/C17H22BrNO2/c1-11(19-10-12-3-2-4-15(20)7-12)17-9-13-8-14(18)5-6-16(13)21-17/h5-6,8-9,11-12,15,19-20H,2-4,7,10H2,1H3. The normalized spacial score (nSPS) is 24.3. The van der Waals surface area contributed by atoms with Gasteiger partial charge in [-0.25, -0.2) is 0 Å². The monoisotopic (exact) mass is 351 g/mol. The minimum atomic E-state index is -0.107. The van der Waals surface area contributed by atoms with Gasteiger partial charge in [0.1, 0.15) is 11.3 Å². The number of benzene rings is 1. The van der Waals surface area contributed by atoms with Gasteiger partial charge >= 0.3 is 0 Å². The lowest BCUT2D eigenvalue weighted by molar-refractivity contribution is 0.0995. The first-order chi connectivity index (χ1) is 10.1. The summed E-state index contributed by atoms with van der Waals surface area (Å²) in [6, 6.07) is 8.36. The molecular formula is C17H22BrNO2. The largest absolute Gasteiger partial charge is 0.459 e. The maximum Gasteiger partial charge on any atom is 0.134 e. The van der Waals surface area contributed by atoms with E-state index in [2.05, 4.69) is 40.3 Å². The van der Waals surface area contributed by atoms with Gasteiger partial charge in [-0.2, -0.15) is 0 Å². The van der Waals surface area contributed by atoms with Crippen LogP contribution in [0.2, 0.25) is 0 Å². The van der Waals surface area contributed by atoms with Gasteiger partial charge in [-0.05, 0) is 62.9 Å². The first kappa shape index (κ1) is 15.1. The molecule has 114 valence electrons. The third-order valence-electron chi connectivity index (χ3n) is 4.39. The van der Waals surface area contributed by atoms with Crippen molar-refractivity contribution in [1.29, 1.82) is 0 Å². The van der Waals surface area contributed by atoms with E-state index in [1.807, 2.05) is 12.1 Å². The highest BCUT2D eigenvalue weighted by atomic mass is 79.9. The number of halogens is 1. The van der Waals surface area contributed by atoms with Crippen molar-refractivity contribution in [2.45, 2.75) is 44.8 Å². The second-order valence-corrected chi connectivity index (χ2v) is 7.06. The predicted octanol–water partition coefficient (Wildman–Crippen LogP) is 4.40. The second-order valence-electron chi connectivity index (χ2n) is 6.15. The molecule has 2 aromatic rings. The van der Waals surface area contributed by atoms with Crippen LogP contribution in [0.5, 0.6) is 0 Å². The van der Waals surface area contributed by atoms with Gasteiger partial charge in [0.25, 0.3) is 0 Å². The molecule has 1 aliphatic carbocycles. The van der Waals surface area contributed by atoms with Crippen molar-refractivity contribution in [3.8, 4) is 0 Å². The molecule has 3 rings (SSSR count). The molecular weight excluding hydrogens is 330 g/mol. The van der Waals surface area contributed by atoms with Crippen LogP contribution in [0.25, 0.3) is 11.0 Å². The number of aliphatic hydroxyl groups is 1. The second kappa shape index (κ2) is 6.51. The summed E-state index contributed by atoms with van der Waals surface area (Å²) in [6.07, 6.45) is 4.13. The van der Waals surface area contributed by atoms with E-state index in [-0.39, 0.29) is 12.1 Å². The Morgan fingerprint density at radius 1 is 1.38 bits per heavy atom. The van der Waals surface area contributed by atoms with Crippen molar-refractivity contribution in [1.82, 2.24) is 5.32 Å². The summed E-state index contributed by atoms with van der Waals surface area (Å²) in [5.41, 5.74) is 0.926. The van der Waals surface area contributed by atoms with E-state index in [4.69, 9.17) is 4.42 Å². The van der Waals surface area contributed by atoms with Gasteiger partial charge < -0.3 is 14.8 Å². The number of hydrogen-bond acceptors (Lipinski definition) is 3. The first-order valence-corrected chi connectivity index (χ1v) is 8.51.